The molecule has 2 heteroatoms. The van der Waals surface area contributed by atoms with Crippen molar-refractivity contribution in [3.8, 4) is 0 Å². The van der Waals surface area contributed by atoms with Crippen LogP contribution in [0.25, 0.3) is 0 Å². The molecule has 0 saturated heterocycles. The van der Waals surface area contributed by atoms with Crippen LogP contribution in [0, 0.1) is 0 Å². The van der Waals surface area contributed by atoms with Gasteiger partial charge in [0, 0.05) is 13.1 Å². The van der Waals surface area contributed by atoms with Crippen molar-refractivity contribution >= 4 is 0 Å². The van der Waals surface area contributed by atoms with Crippen LogP contribution in [0.15, 0.2) is 23.9 Å². The Balaban J connectivity index is 2.24. The smallest absolute Gasteiger partial charge is 0.0144 e. The summed E-state index contributed by atoms with van der Waals surface area (Å²) in [4.78, 5) is 0. The summed E-state index contributed by atoms with van der Waals surface area (Å²) in [7, 11) is 0. The lowest BCUT2D eigenvalue weighted by atomic mass is 10.1. The lowest BCUT2D eigenvalue weighted by molar-refractivity contribution is 0.688. The zero-order valence-electron chi connectivity index (χ0n) is 6.84. The Morgan fingerprint density at radius 2 is 2.45 bits per heavy atom. The van der Waals surface area contributed by atoms with E-state index in [2.05, 4.69) is 17.6 Å². The molecule has 0 fully saturated rings. The molecule has 0 aromatic rings. The maximum atomic E-state index is 5.32. The molecular formula is C9H16N2. The Bertz CT molecular complexity index is 159. The molecule has 0 unspecified atom stereocenters. The fourth-order valence-electron chi connectivity index (χ4n) is 1.20. The maximum Gasteiger partial charge on any atom is 0.0144 e. The Hall–Kier alpha value is -0.760. The molecule has 0 radical (unpaired) electrons. The largest absolute Gasteiger partial charge is 0.391 e. The van der Waals surface area contributed by atoms with Crippen LogP contribution < -0.4 is 11.1 Å². The van der Waals surface area contributed by atoms with E-state index < -0.39 is 0 Å². The Morgan fingerprint density at radius 1 is 1.55 bits per heavy atom. The predicted octanol–water partition coefficient (Wildman–Crippen LogP) is 1.16. The Labute approximate surface area is 68.2 Å². The Morgan fingerprint density at radius 3 is 3.09 bits per heavy atom. The summed E-state index contributed by atoms with van der Waals surface area (Å²) < 4.78 is 0. The molecule has 62 valence electrons. The second kappa shape index (κ2) is 4.97. The number of rotatable bonds is 3. The summed E-state index contributed by atoms with van der Waals surface area (Å²) >= 11 is 0. The first kappa shape index (κ1) is 8.34. The molecule has 0 saturated carbocycles. The first-order chi connectivity index (χ1) is 5.43. The van der Waals surface area contributed by atoms with E-state index in [1.54, 1.807) is 0 Å². The van der Waals surface area contributed by atoms with Gasteiger partial charge in [-0.05, 0) is 25.5 Å². The summed E-state index contributed by atoms with van der Waals surface area (Å²) in [5.74, 6) is 0. The fraction of sp³-hybridized carbons (Fsp3) is 0.556. The molecule has 0 atom stereocenters. The topological polar surface area (TPSA) is 38.0 Å². The fourth-order valence-corrected chi connectivity index (χ4v) is 1.20. The Kier molecular flexibility index (Phi) is 3.76. The van der Waals surface area contributed by atoms with E-state index in [1.807, 2.05) is 6.08 Å². The minimum atomic E-state index is 0.653. The molecule has 0 amide bonds. The van der Waals surface area contributed by atoms with E-state index in [-0.39, 0.29) is 0 Å². The number of hydrogen-bond acceptors (Lipinski definition) is 2. The number of nitrogens with two attached hydrogens (primary N) is 1. The third-order valence-electron chi connectivity index (χ3n) is 1.81. The van der Waals surface area contributed by atoms with Crippen LogP contribution in [0.3, 0.4) is 0 Å². The van der Waals surface area contributed by atoms with Gasteiger partial charge in [-0.1, -0.05) is 17.7 Å². The summed E-state index contributed by atoms with van der Waals surface area (Å²) in [6, 6.07) is 0. The average Bonchev–Trinajstić information content (AvgIpc) is 2.07. The van der Waals surface area contributed by atoms with E-state index in [0.717, 1.165) is 13.0 Å². The molecule has 0 aromatic carbocycles. The third-order valence-corrected chi connectivity index (χ3v) is 1.81. The van der Waals surface area contributed by atoms with Crippen LogP contribution in [0.5, 0.6) is 0 Å². The van der Waals surface area contributed by atoms with E-state index >= 15 is 0 Å². The van der Waals surface area contributed by atoms with Crippen LogP contribution in [0.1, 0.15) is 19.3 Å². The molecule has 2 nitrogen and oxygen atoms in total. The van der Waals surface area contributed by atoms with Gasteiger partial charge in [0.05, 0.1) is 0 Å². The van der Waals surface area contributed by atoms with Crippen LogP contribution in [-0.4, -0.2) is 13.1 Å². The highest BCUT2D eigenvalue weighted by Crippen LogP contribution is 2.12. The number of nitrogens with one attached hydrogen (secondary N) is 1. The van der Waals surface area contributed by atoms with Crippen molar-refractivity contribution in [1.29, 1.82) is 0 Å². The minimum absolute atomic E-state index is 0.653. The summed E-state index contributed by atoms with van der Waals surface area (Å²) in [5.41, 5.74) is 6.81. The normalized spacial score (nSPS) is 18.1. The highest BCUT2D eigenvalue weighted by atomic mass is 14.8. The average molecular weight is 152 g/mol. The van der Waals surface area contributed by atoms with Gasteiger partial charge in [-0.2, -0.15) is 0 Å². The molecule has 1 aliphatic rings. The van der Waals surface area contributed by atoms with Crippen molar-refractivity contribution in [2.24, 2.45) is 5.73 Å². The monoisotopic (exact) mass is 152 g/mol. The molecule has 0 aromatic heterocycles. The van der Waals surface area contributed by atoms with Crippen LogP contribution in [0.4, 0.5) is 0 Å². The van der Waals surface area contributed by atoms with Gasteiger partial charge in [0.25, 0.3) is 0 Å². The van der Waals surface area contributed by atoms with Gasteiger partial charge < -0.3 is 11.1 Å². The van der Waals surface area contributed by atoms with Gasteiger partial charge >= 0.3 is 0 Å². The summed E-state index contributed by atoms with van der Waals surface area (Å²) in [6.07, 6.45) is 9.84. The minimum Gasteiger partial charge on any atom is -0.391 e. The highest BCUT2D eigenvalue weighted by molar-refractivity contribution is 5.08. The second-order valence-electron chi connectivity index (χ2n) is 2.77. The molecule has 1 rings (SSSR count). The van der Waals surface area contributed by atoms with Crippen molar-refractivity contribution in [2.75, 3.05) is 13.1 Å². The SMILES string of the molecule is NC/C=C/CC1=CNCCC1. The van der Waals surface area contributed by atoms with E-state index in [4.69, 9.17) is 5.73 Å². The molecule has 1 heterocycles. The van der Waals surface area contributed by atoms with Crippen molar-refractivity contribution in [3.63, 3.8) is 0 Å². The molecule has 1 aliphatic heterocycles. The van der Waals surface area contributed by atoms with Gasteiger partial charge in [0.15, 0.2) is 0 Å². The third kappa shape index (κ3) is 3.23. The molecule has 3 N–H and O–H groups in total. The lowest BCUT2D eigenvalue weighted by Crippen LogP contribution is -2.13. The quantitative estimate of drug-likeness (QED) is 0.595. The van der Waals surface area contributed by atoms with Crippen LogP contribution >= 0.6 is 0 Å². The van der Waals surface area contributed by atoms with Crippen LogP contribution in [0.2, 0.25) is 0 Å². The zero-order valence-corrected chi connectivity index (χ0v) is 6.84. The predicted molar refractivity (Wildman–Crippen MR) is 48.1 cm³/mol. The number of allylic oxidation sites excluding steroid dienone is 2. The van der Waals surface area contributed by atoms with Crippen molar-refractivity contribution < 1.29 is 0 Å². The van der Waals surface area contributed by atoms with Crippen molar-refractivity contribution in [3.05, 3.63) is 23.9 Å². The maximum absolute atomic E-state index is 5.32. The van der Waals surface area contributed by atoms with Gasteiger partial charge in [-0.15, -0.1) is 0 Å². The van der Waals surface area contributed by atoms with Gasteiger partial charge in [0.2, 0.25) is 0 Å². The van der Waals surface area contributed by atoms with Crippen molar-refractivity contribution in [2.45, 2.75) is 19.3 Å². The lowest BCUT2D eigenvalue weighted by Gasteiger charge is -2.11. The van der Waals surface area contributed by atoms with E-state index in [9.17, 15) is 0 Å². The summed E-state index contributed by atoms with van der Waals surface area (Å²) in [5, 5.41) is 3.23. The summed E-state index contributed by atoms with van der Waals surface area (Å²) in [6.45, 7) is 1.78. The number of hydrogen-bond donors (Lipinski definition) is 2. The van der Waals surface area contributed by atoms with Crippen LogP contribution in [-0.2, 0) is 0 Å². The first-order valence-corrected chi connectivity index (χ1v) is 4.20. The van der Waals surface area contributed by atoms with E-state index in [1.165, 1.54) is 18.4 Å². The molecular weight excluding hydrogens is 136 g/mol. The molecule has 0 spiro atoms. The highest BCUT2D eigenvalue weighted by Gasteiger charge is 1.99. The molecule has 0 bridgehead atoms. The molecule has 11 heavy (non-hydrogen) atoms. The van der Waals surface area contributed by atoms with Crippen molar-refractivity contribution in [1.82, 2.24) is 5.32 Å². The van der Waals surface area contributed by atoms with E-state index in [0.29, 0.717) is 6.54 Å². The molecule has 0 aliphatic carbocycles. The zero-order chi connectivity index (χ0) is 7.94. The van der Waals surface area contributed by atoms with Gasteiger partial charge in [0.1, 0.15) is 0 Å². The van der Waals surface area contributed by atoms with Gasteiger partial charge in [-0.3, -0.25) is 0 Å². The second-order valence-corrected chi connectivity index (χ2v) is 2.77. The van der Waals surface area contributed by atoms with Gasteiger partial charge in [-0.25, -0.2) is 0 Å². The standard InChI is InChI=1S/C9H16N2/c10-6-2-1-4-9-5-3-7-11-8-9/h1-2,8,11H,3-7,10H2/b2-1+. The first-order valence-electron chi connectivity index (χ1n) is 4.20.